The number of allylic oxidation sites excluding steroid dienone is 1. The van der Waals surface area contributed by atoms with E-state index in [2.05, 4.69) is 13.8 Å². The predicted octanol–water partition coefficient (Wildman–Crippen LogP) is 3.88. The van der Waals surface area contributed by atoms with Gasteiger partial charge in [-0.3, -0.25) is 14.4 Å². The number of hydrogen-bond donors (Lipinski definition) is 2. The highest BCUT2D eigenvalue weighted by atomic mass is 16.7. The highest BCUT2D eigenvalue weighted by Gasteiger charge is 2.79. The SMILES string of the molecule is C[C@@H]1C[C@]2(C[C@H](C)C(=O)O2)O[C@@]12C[C@H](O)[C@@]1(C)C3=C(C(=O)C[C@]21C)[C@@]1(C)CCC(=O)C(C)(C)[C@@H]1C[C@@H]3O. The van der Waals surface area contributed by atoms with E-state index in [1.165, 1.54) is 0 Å². The van der Waals surface area contributed by atoms with Crippen LogP contribution in [0.1, 0.15) is 93.4 Å². The van der Waals surface area contributed by atoms with Crippen molar-refractivity contribution in [2.75, 3.05) is 0 Å². The predicted molar refractivity (Wildman–Crippen MR) is 134 cm³/mol. The van der Waals surface area contributed by atoms with Crippen LogP contribution >= 0.6 is 0 Å². The minimum atomic E-state index is -1.03. The Balaban J connectivity index is 1.51. The average molecular weight is 515 g/mol. The molecule has 2 aliphatic heterocycles. The maximum absolute atomic E-state index is 14.3. The second kappa shape index (κ2) is 7.14. The second-order valence-electron chi connectivity index (χ2n) is 14.5. The van der Waals surface area contributed by atoms with Crippen molar-refractivity contribution in [1.82, 2.24) is 0 Å². The molecule has 2 saturated heterocycles. The van der Waals surface area contributed by atoms with E-state index in [0.717, 1.165) is 0 Å². The van der Waals surface area contributed by atoms with Gasteiger partial charge in [0.1, 0.15) is 5.78 Å². The number of fused-ring (bicyclic) bond motifs is 5. The lowest BCUT2D eigenvalue weighted by Crippen LogP contribution is -2.63. The molecule has 204 valence electrons. The molecule has 0 radical (unpaired) electrons. The first-order valence-corrected chi connectivity index (χ1v) is 14.1. The van der Waals surface area contributed by atoms with Crippen LogP contribution in [0.15, 0.2) is 11.1 Å². The number of ketones is 2. The Labute approximate surface area is 219 Å². The van der Waals surface area contributed by atoms with Crippen LogP contribution in [0.25, 0.3) is 0 Å². The third-order valence-corrected chi connectivity index (χ3v) is 12.5. The molecule has 0 aromatic carbocycles. The number of hydrogen-bond acceptors (Lipinski definition) is 7. The largest absolute Gasteiger partial charge is 0.433 e. The molecule has 37 heavy (non-hydrogen) atoms. The van der Waals surface area contributed by atoms with E-state index in [1.807, 2.05) is 34.6 Å². The van der Waals surface area contributed by atoms with Crippen LogP contribution in [0.2, 0.25) is 0 Å². The molecular formula is C30H42O7. The maximum Gasteiger partial charge on any atom is 0.311 e. The van der Waals surface area contributed by atoms with Gasteiger partial charge in [0.15, 0.2) is 5.78 Å². The van der Waals surface area contributed by atoms with Crippen molar-refractivity contribution in [3.63, 3.8) is 0 Å². The number of ether oxygens (including phenoxy) is 2. The molecule has 2 N–H and O–H groups in total. The molecule has 0 amide bonds. The number of esters is 1. The van der Waals surface area contributed by atoms with Gasteiger partial charge in [-0.05, 0) is 30.3 Å². The van der Waals surface area contributed by atoms with Crippen molar-refractivity contribution in [2.45, 2.75) is 117 Å². The van der Waals surface area contributed by atoms with Gasteiger partial charge in [-0.1, -0.05) is 48.5 Å². The van der Waals surface area contributed by atoms with Gasteiger partial charge >= 0.3 is 5.97 Å². The summed E-state index contributed by atoms with van der Waals surface area (Å²) in [7, 11) is 0. The molecule has 10 atom stereocenters. The molecule has 0 unspecified atom stereocenters. The quantitative estimate of drug-likeness (QED) is 0.472. The van der Waals surface area contributed by atoms with Gasteiger partial charge in [-0.15, -0.1) is 0 Å². The summed E-state index contributed by atoms with van der Waals surface area (Å²) in [6.45, 7) is 14.0. The lowest BCUT2D eigenvalue weighted by atomic mass is 9.42. The number of aliphatic hydroxyl groups is 2. The van der Waals surface area contributed by atoms with Crippen LogP contribution in [-0.2, 0) is 23.9 Å². The van der Waals surface area contributed by atoms with Crippen molar-refractivity contribution in [1.29, 1.82) is 0 Å². The number of aliphatic hydroxyl groups excluding tert-OH is 2. The third-order valence-electron chi connectivity index (χ3n) is 12.5. The average Bonchev–Trinajstić information content (AvgIpc) is 3.28. The van der Waals surface area contributed by atoms with Crippen molar-refractivity contribution in [2.24, 2.45) is 39.4 Å². The molecule has 6 aliphatic rings. The summed E-state index contributed by atoms with van der Waals surface area (Å²) in [5.41, 5.74) is -2.45. The number of rotatable bonds is 0. The summed E-state index contributed by atoms with van der Waals surface area (Å²) in [5, 5.41) is 23.7. The summed E-state index contributed by atoms with van der Waals surface area (Å²) in [5.74, 6) is -1.59. The smallest absolute Gasteiger partial charge is 0.311 e. The van der Waals surface area contributed by atoms with E-state index in [0.29, 0.717) is 49.7 Å². The standard InChI is InChI=1S/C30H42O7/c1-15-11-29(36-24(15)35)12-16(2)30(37-29)14-21(34)28(7)23-17(31)10-19-25(3,4)20(33)8-9-26(19,5)22(23)18(32)13-27(28,30)6/h15-17,19,21,31,34H,8-14H2,1-7H3/t15-,16+,17-,19-,21-,26-,27-,28-,29-,30-/m0/s1. The zero-order valence-electron chi connectivity index (χ0n) is 23.3. The molecule has 0 aromatic rings. The first-order valence-electron chi connectivity index (χ1n) is 14.1. The summed E-state index contributed by atoms with van der Waals surface area (Å²) >= 11 is 0. The molecule has 2 heterocycles. The van der Waals surface area contributed by atoms with E-state index >= 15 is 0 Å². The Bertz CT molecular complexity index is 1150. The summed E-state index contributed by atoms with van der Waals surface area (Å²) < 4.78 is 12.7. The van der Waals surface area contributed by atoms with Crippen LogP contribution < -0.4 is 0 Å². The van der Waals surface area contributed by atoms with Crippen molar-refractivity contribution < 1.29 is 34.1 Å². The van der Waals surface area contributed by atoms with Crippen molar-refractivity contribution in [3.8, 4) is 0 Å². The van der Waals surface area contributed by atoms with Crippen LogP contribution in [0.4, 0.5) is 0 Å². The molecule has 7 nitrogen and oxygen atoms in total. The van der Waals surface area contributed by atoms with Crippen LogP contribution in [0.5, 0.6) is 0 Å². The fraction of sp³-hybridized carbons (Fsp3) is 0.833. The van der Waals surface area contributed by atoms with E-state index in [9.17, 15) is 24.6 Å². The molecular weight excluding hydrogens is 472 g/mol. The Morgan fingerprint density at radius 3 is 2.24 bits per heavy atom. The minimum absolute atomic E-state index is 0.00613. The van der Waals surface area contributed by atoms with Gasteiger partial charge < -0.3 is 19.7 Å². The van der Waals surface area contributed by atoms with Gasteiger partial charge in [0.05, 0.1) is 23.7 Å². The van der Waals surface area contributed by atoms with E-state index in [1.54, 1.807) is 0 Å². The molecule has 2 saturated carbocycles. The molecule has 0 aromatic heterocycles. The molecule has 2 spiro atoms. The maximum atomic E-state index is 14.3. The second-order valence-corrected chi connectivity index (χ2v) is 14.5. The Morgan fingerprint density at radius 1 is 0.946 bits per heavy atom. The first kappa shape index (κ1) is 25.7. The molecule has 7 heteroatoms. The highest BCUT2D eigenvalue weighted by molar-refractivity contribution is 6.01. The van der Waals surface area contributed by atoms with Gasteiger partial charge in [-0.2, -0.15) is 0 Å². The van der Waals surface area contributed by atoms with E-state index < -0.39 is 45.3 Å². The zero-order valence-corrected chi connectivity index (χ0v) is 23.3. The highest BCUT2D eigenvalue weighted by Crippen LogP contribution is 2.75. The molecule has 0 bridgehead atoms. The van der Waals surface area contributed by atoms with E-state index in [4.69, 9.17) is 9.47 Å². The first-order chi connectivity index (χ1) is 17.0. The number of carbonyl (C=O) groups is 3. The molecule has 6 rings (SSSR count). The van der Waals surface area contributed by atoms with E-state index in [-0.39, 0.29) is 41.7 Å². The Hall–Kier alpha value is -1.57. The number of carbonyl (C=O) groups excluding carboxylic acids is 3. The summed E-state index contributed by atoms with van der Waals surface area (Å²) in [6.07, 6.45) is 1.11. The third kappa shape index (κ3) is 2.72. The van der Waals surface area contributed by atoms with Gasteiger partial charge in [-0.25, -0.2) is 0 Å². The lowest BCUT2D eigenvalue weighted by molar-refractivity contribution is -0.254. The van der Waals surface area contributed by atoms with Crippen LogP contribution in [-0.4, -0.2) is 51.3 Å². The van der Waals surface area contributed by atoms with Crippen LogP contribution in [0.3, 0.4) is 0 Å². The fourth-order valence-electron chi connectivity index (χ4n) is 10.4. The van der Waals surface area contributed by atoms with Crippen LogP contribution in [0, 0.1) is 39.4 Å². The van der Waals surface area contributed by atoms with Gasteiger partial charge in [0.25, 0.3) is 0 Å². The molecule has 4 fully saturated rings. The van der Waals surface area contributed by atoms with Crippen molar-refractivity contribution >= 4 is 17.5 Å². The minimum Gasteiger partial charge on any atom is -0.433 e. The normalized spacial score (nSPS) is 54.5. The van der Waals surface area contributed by atoms with Crippen molar-refractivity contribution in [3.05, 3.63) is 11.1 Å². The topological polar surface area (TPSA) is 110 Å². The van der Waals surface area contributed by atoms with Gasteiger partial charge in [0, 0.05) is 59.3 Å². The Kier molecular flexibility index (Phi) is 4.96. The monoisotopic (exact) mass is 514 g/mol. The summed E-state index contributed by atoms with van der Waals surface area (Å²) in [6, 6.07) is 0. The Morgan fingerprint density at radius 2 is 1.62 bits per heavy atom. The number of Topliss-reactive ketones (excluding diaryl/α,β-unsaturated/α-hetero) is 2. The lowest BCUT2D eigenvalue weighted by Gasteiger charge is -2.62. The summed E-state index contributed by atoms with van der Waals surface area (Å²) in [4.78, 5) is 39.6. The fourth-order valence-corrected chi connectivity index (χ4v) is 10.4. The van der Waals surface area contributed by atoms with Gasteiger partial charge in [0.2, 0.25) is 5.79 Å². The zero-order chi connectivity index (χ0) is 27.1. The molecule has 4 aliphatic carbocycles.